The van der Waals surface area contributed by atoms with Crippen LogP contribution in [0.2, 0.25) is 0 Å². The molecule has 1 saturated heterocycles. The third kappa shape index (κ3) is 3.98. The summed E-state index contributed by atoms with van der Waals surface area (Å²) in [4.78, 5) is 13.8. The first-order valence-electron chi connectivity index (χ1n) is 6.66. The normalized spacial score (nSPS) is 19.9. The van der Waals surface area contributed by atoms with Crippen LogP contribution in [0.1, 0.15) is 12.8 Å². The molecule has 0 bridgehead atoms. The summed E-state index contributed by atoms with van der Waals surface area (Å²) < 4.78 is 25.8. The van der Waals surface area contributed by atoms with Crippen molar-refractivity contribution in [3.05, 3.63) is 29.8 Å². The van der Waals surface area contributed by atoms with Crippen molar-refractivity contribution in [1.82, 2.24) is 4.90 Å². The average molecular weight is 284 g/mol. The number of aliphatic hydroxyl groups is 1. The summed E-state index contributed by atoms with van der Waals surface area (Å²) in [6, 6.07) is 3.26. The summed E-state index contributed by atoms with van der Waals surface area (Å²) in [6.07, 6.45) is 1.92. The van der Waals surface area contributed by atoms with Crippen molar-refractivity contribution < 1.29 is 18.7 Å². The second-order valence-corrected chi connectivity index (χ2v) is 5.10. The number of amides is 1. The number of hydrogen-bond donors (Lipinski definition) is 2. The maximum Gasteiger partial charge on any atom is 0.238 e. The molecule has 1 atom stereocenters. The van der Waals surface area contributed by atoms with E-state index in [2.05, 4.69) is 5.32 Å². The molecule has 0 aliphatic carbocycles. The van der Waals surface area contributed by atoms with Gasteiger partial charge in [0.2, 0.25) is 5.91 Å². The zero-order valence-electron chi connectivity index (χ0n) is 11.1. The van der Waals surface area contributed by atoms with Crippen LogP contribution in [0.25, 0.3) is 0 Å². The smallest absolute Gasteiger partial charge is 0.238 e. The number of nitrogens with one attached hydrogen (secondary N) is 1. The van der Waals surface area contributed by atoms with Crippen LogP contribution in [-0.2, 0) is 4.79 Å². The molecule has 1 amide bonds. The van der Waals surface area contributed by atoms with E-state index in [1.54, 1.807) is 0 Å². The number of hydrogen-bond acceptors (Lipinski definition) is 3. The lowest BCUT2D eigenvalue weighted by Crippen LogP contribution is -2.41. The van der Waals surface area contributed by atoms with Gasteiger partial charge < -0.3 is 10.4 Å². The number of halogens is 2. The first-order chi connectivity index (χ1) is 9.58. The summed E-state index contributed by atoms with van der Waals surface area (Å²) in [5, 5.41) is 11.7. The van der Waals surface area contributed by atoms with Crippen LogP contribution in [0.4, 0.5) is 14.5 Å². The molecule has 1 aromatic carbocycles. The molecule has 4 nitrogen and oxygen atoms in total. The van der Waals surface area contributed by atoms with Crippen LogP contribution < -0.4 is 5.32 Å². The van der Waals surface area contributed by atoms with Gasteiger partial charge in [-0.25, -0.2) is 8.78 Å². The number of aliphatic hydroxyl groups excluding tert-OH is 1. The fourth-order valence-corrected chi connectivity index (χ4v) is 2.42. The first kappa shape index (κ1) is 14.9. The largest absolute Gasteiger partial charge is 0.396 e. The predicted molar refractivity (Wildman–Crippen MR) is 71.2 cm³/mol. The Morgan fingerprint density at radius 3 is 2.90 bits per heavy atom. The maximum atomic E-state index is 13.0. The van der Waals surface area contributed by atoms with E-state index in [0.717, 1.165) is 31.5 Å². The highest BCUT2D eigenvalue weighted by Crippen LogP contribution is 2.16. The van der Waals surface area contributed by atoms with Crippen LogP contribution in [0.5, 0.6) is 0 Å². The molecule has 0 spiro atoms. The van der Waals surface area contributed by atoms with Gasteiger partial charge in [-0.2, -0.15) is 0 Å². The Morgan fingerprint density at radius 1 is 1.40 bits per heavy atom. The number of anilines is 1. The minimum Gasteiger partial charge on any atom is -0.396 e. The predicted octanol–water partition coefficient (Wildman–Crippen LogP) is 1.61. The molecule has 1 unspecified atom stereocenters. The number of carbonyl (C=O) groups excluding carboxylic acids is 1. The zero-order valence-corrected chi connectivity index (χ0v) is 11.1. The lowest BCUT2D eigenvalue weighted by atomic mass is 9.99. The lowest BCUT2D eigenvalue weighted by Gasteiger charge is -2.31. The van der Waals surface area contributed by atoms with E-state index in [9.17, 15) is 13.6 Å². The number of benzene rings is 1. The second kappa shape index (κ2) is 6.76. The van der Waals surface area contributed by atoms with Gasteiger partial charge in [0.05, 0.1) is 6.54 Å². The van der Waals surface area contributed by atoms with Gasteiger partial charge in [-0.1, -0.05) is 0 Å². The number of nitrogens with zero attached hydrogens (tertiary/aromatic N) is 1. The quantitative estimate of drug-likeness (QED) is 0.883. The Bertz CT molecular complexity index is 482. The van der Waals surface area contributed by atoms with Crippen LogP contribution >= 0.6 is 0 Å². The lowest BCUT2D eigenvalue weighted by molar-refractivity contribution is -0.117. The third-order valence-electron chi connectivity index (χ3n) is 3.43. The molecule has 0 radical (unpaired) electrons. The van der Waals surface area contributed by atoms with Gasteiger partial charge in [-0.3, -0.25) is 9.69 Å². The van der Waals surface area contributed by atoms with Crippen molar-refractivity contribution in [2.24, 2.45) is 5.92 Å². The SMILES string of the molecule is O=C(CN1CCCC(CO)C1)Nc1ccc(F)c(F)c1. The molecular weight excluding hydrogens is 266 g/mol. The van der Waals surface area contributed by atoms with Crippen LogP contribution in [0.3, 0.4) is 0 Å². The Hall–Kier alpha value is -1.53. The van der Waals surface area contributed by atoms with E-state index in [-0.39, 0.29) is 30.7 Å². The Labute approximate surface area is 116 Å². The van der Waals surface area contributed by atoms with Gasteiger partial charge in [0.15, 0.2) is 11.6 Å². The molecule has 1 aliphatic rings. The van der Waals surface area contributed by atoms with Gasteiger partial charge in [0.1, 0.15) is 0 Å². The number of piperidine rings is 1. The summed E-state index contributed by atoms with van der Waals surface area (Å²) in [5.41, 5.74) is 0.240. The molecule has 1 fully saturated rings. The van der Waals surface area contributed by atoms with E-state index in [1.165, 1.54) is 6.07 Å². The molecule has 110 valence electrons. The standard InChI is InChI=1S/C14H18F2N2O2/c15-12-4-3-11(6-13(12)16)17-14(20)8-18-5-1-2-10(7-18)9-19/h3-4,6,10,19H,1-2,5,7-9H2,(H,17,20). The molecular formula is C14H18F2N2O2. The van der Waals surface area contributed by atoms with E-state index in [0.29, 0.717) is 6.54 Å². The highest BCUT2D eigenvalue weighted by atomic mass is 19.2. The first-order valence-corrected chi connectivity index (χ1v) is 6.66. The highest BCUT2D eigenvalue weighted by Gasteiger charge is 2.21. The minimum atomic E-state index is -0.985. The van der Waals surface area contributed by atoms with E-state index >= 15 is 0 Å². The fraction of sp³-hybridized carbons (Fsp3) is 0.500. The summed E-state index contributed by atoms with van der Waals surface area (Å²) in [6.45, 7) is 1.81. The third-order valence-corrected chi connectivity index (χ3v) is 3.43. The van der Waals surface area contributed by atoms with Crippen molar-refractivity contribution in [3.63, 3.8) is 0 Å². The fourth-order valence-electron chi connectivity index (χ4n) is 2.42. The summed E-state index contributed by atoms with van der Waals surface area (Å²) in [5.74, 6) is -1.99. The molecule has 2 N–H and O–H groups in total. The molecule has 0 saturated carbocycles. The molecule has 1 heterocycles. The molecule has 1 aliphatic heterocycles. The van der Waals surface area contributed by atoms with Gasteiger partial charge in [0, 0.05) is 24.9 Å². The maximum absolute atomic E-state index is 13.0. The van der Waals surface area contributed by atoms with Gasteiger partial charge in [0.25, 0.3) is 0 Å². The number of likely N-dealkylation sites (tertiary alicyclic amines) is 1. The zero-order chi connectivity index (χ0) is 14.5. The molecule has 20 heavy (non-hydrogen) atoms. The molecule has 0 aromatic heterocycles. The van der Waals surface area contributed by atoms with Crippen molar-refractivity contribution >= 4 is 11.6 Å². The van der Waals surface area contributed by atoms with Crippen molar-refractivity contribution in [1.29, 1.82) is 0 Å². The average Bonchev–Trinajstić information content (AvgIpc) is 2.43. The molecule has 2 rings (SSSR count). The van der Waals surface area contributed by atoms with Crippen LogP contribution in [0, 0.1) is 17.6 Å². The second-order valence-electron chi connectivity index (χ2n) is 5.10. The van der Waals surface area contributed by atoms with E-state index in [1.807, 2.05) is 4.90 Å². The topological polar surface area (TPSA) is 52.6 Å². The van der Waals surface area contributed by atoms with Crippen molar-refractivity contribution in [2.75, 3.05) is 31.6 Å². The van der Waals surface area contributed by atoms with Gasteiger partial charge in [-0.15, -0.1) is 0 Å². The minimum absolute atomic E-state index is 0.126. The van der Waals surface area contributed by atoms with Gasteiger partial charge >= 0.3 is 0 Å². The van der Waals surface area contributed by atoms with Gasteiger partial charge in [-0.05, 0) is 37.4 Å². The van der Waals surface area contributed by atoms with Crippen LogP contribution in [0.15, 0.2) is 18.2 Å². The monoisotopic (exact) mass is 284 g/mol. The highest BCUT2D eigenvalue weighted by molar-refractivity contribution is 5.92. The summed E-state index contributed by atoms with van der Waals surface area (Å²) >= 11 is 0. The van der Waals surface area contributed by atoms with Crippen LogP contribution in [-0.4, -0.2) is 42.2 Å². The van der Waals surface area contributed by atoms with Crippen molar-refractivity contribution in [2.45, 2.75) is 12.8 Å². The van der Waals surface area contributed by atoms with E-state index < -0.39 is 11.6 Å². The summed E-state index contributed by atoms with van der Waals surface area (Å²) in [7, 11) is 0. The van der Waals surface area contributed by atoms with E-state index in [4.69, 9.17) is 5.11 Å². The number of carbonyl (C=O) groups is 1. The van der Waals surface area contributed by atoms with Crippen molar-refractivity contribution in [3.8, 4) is 0 Å². The Kier molecular flexibility index (Phi) is 5.03. The molecule has 1 aromatic rings. The molecule has 6 heteroatoms. The number of rotatable bonds is 4. The Morgan fingerprint density at radius 2 is 2.20 bits per heavy atom. The Balaban J connectivity index is 1.87.